The van der Waals surface area contributed by atoms with Crippen LogP contribution >= 0.6 is 0 Å². The molecule has 2 amide bonds. The summed E-state index contributed by atoms with van der Waals surface area (Å²) in [6.45, 7) is -0.137. The van der Waals surface area contributed by atoms with Gasteiger partial charge in [-0.2, -0.15) is 0 Å². The molecule has 0 aromatic heterocycles. The predicted molar refractivity (Wildman–Crippen MR) is 90.1 cm³/mol. The highest BCUT2D eigenvalue weighted by molar-refractivity contribution is 5.97. The number of nitrogens with two attached hydrogens (primary N) is 1. The van der Waals surface area contributed by atoms with E-state index in [2.05, 4.69) is 10.6 Å². The summed E-state index contributed by atoms with van der Waals surface area (Å²) in [5, 5.41) is 6.10. The molecule has 124 valence electrons. The fourth-order valence-corrected chi connectivity index (χ4v) is 3.61. The van der Waals surface area contributed by atoms with E-state index in [1.54, 1.807) is 6.07 Å². The van der Waals surface area contributed by atoms with E-state index in [9.17, 15) is 9.59 Å². The van der Waals surface area contributed by atoms with Gasteiger partial charge in [-0.3, -0.25) is 9.59 Å². The highest BCUT2D eigenvalue weighted by atomic mass is 16.2. The highest BCUT2D eigenvalue weighted by Crippen LogP contribution is 2.44. The van der Waals surface area contributed by atoms with E-state index in [1.807, 2.05) is 18.2 Å². The van der Waals surface area contributed by atoms with Gasteiger partial charge in [0.25, 0.3) is 5.91 Å². The van der Waals surface area contributed by atoms with Crippen LogP contribution < -0.4 is 16.4 Å². The molecule has 1 aromatic carbocycles. The number of carbonyl (C=O) groups excluding carboxylic acids is 2. The average Bonchev–Trinajstić information content (AvgIpc) is 3.38. The largest absolute Gasteiger partial charge is 0.382 e. The van der Waals surface area contributed by atoms with E-state index in [0.29, 0.717) is 11.6 Å². The molecular formula is C18H25N3O2. The third-order valence-electron chi connectivity index (χ3n) is 4.92. The molecule has 2 aliphatic carbocycles. The molecule has 0 heterocycles. The van der Waals surface area contributed by atoms with Gasteiger partial charge < -0.3 is 16.4 Å². The van der Waals surface area contributed by atoms with Gasteiger partial charge in [-0.05, 0) is 55.7 Å². The van der Waals surface area contributed by atoms with Crippen molar-refractivity contribution in [2.45, 2.75) is 44.6 Å². The second-order valence-corrected chi connectivity index (χ2v) is 6.84. The Morgan fingerprint density at radius 1 is 1.13 bits per heavy atom. The minimum Gasteiger partial charge on any atom is -0.382 e. The van der Waals surface area contributed by atoms with Crippen molar-refractivity contribution in [3.05, 3.63) is 29.8 Å². The van der Waals surface area contributed by atoms with Crippen molar-refractivity contribution in [1.29, 1.82) is 0 Å². The number of primary amides is 1. The fourth-order valence-electron chi connectivity index (χ4n) is 3.61. The molecule has 0 spiro atoms. The van der Waals surface area contributed by atoms with Crippen LogP contribution in [-0.4, -0.2) is 24.4 Å². The summed E-state index contributed by atoms with van der Waals surface area (Å²) in [7, 11) is 0. The van der Waals surface area contributed by atoms with Crippen LogP contribution in [0.2, 0.25) is 0 Å². The SMILES string of the molecule is NC(=O)CNC(=O)c1cccc(N[C@@H]2CCC[C@H](C3CC3)C2)c1. The summed E-state index contributed by atoms with van der Waals surface area (Å²) in [5.74, 6) is 1.03. The molecule has 0 unspecified atom stereocenters. The lowest BCUT2D eigenvalue weighted by Crippen LogP contribution is -2.33. The first-order valence-electron chi connectivity index (χ1n) is 8.55. The maximum absolute atomic E-state index is 12.0. The first kappa shape index (κ1) is 15.8. The van der Waals surface area contributed by atoms with E-state index in [1.165, 1.54) is 38.5 Å². The topological polar surface area (TPSA) is 84.2 Å². The summed E-state index contributed by atoms with van der Waals surface area (Å²) in [5.41, 5.74) is 6.57. The molecular weight excluding hydrogens is 290 g/mol. The zero-order chi connectivity index (χ0) is 16.2. The van der Waals surface area contributed by atoms with Crippen LogP contribution in [0.25, 0.3) is 0 Å². The minimum absolute atomic E-state index is 0.137. The molecule has 5 heteroatoms. The average molecular weight is 315 g/mol. The lowest BCUT2D eigenvalue weighted by molar-refractivity contribution is -0.117. The van der Waals surface area contributed by atoms with Gasteiger partial charge in [0.2, 0.25) is 5.91 Å². The third kappa shape index (κ3) is 4.47. The Balaban J connectivity index is 1.58. The second kappa shape index (κ2) is 7.02. The van der Waals surface area contributed by atoms with Crippen molar-refractivity contribution in [2.75, 3.05) is 11.9 Å². The lowest BCUT2D eigenvalue weighted by Gasteiger charge is -2.30. The molecule has 0 bridgehead atoms. The predicted octanol–water partition coefficient (Wildman–Crippen LogP) is 2.28. The number of nitrogens with one attached hydrogen (secondary N) is 2. The Bertz CT molecular complexity index is 583. The molecule has 5 nitrogen and oxygen atoms in total. The van der Waals surface area contributed by atoms with E-state index in [0.717, 1.165) is 17.5 Å². The van der Waals surface area contributed by atoms with Crippen LogP contribution in [0.5, 0.6) is 0 Å². The van der Waals surface area contributed by atoms with Crippen LogP contribution in [0.3, 0.4) is 0 Å². The summed E-state index contributed by atoms with van der Waals surface area (Å²) >= 11 is 0. The number of benzene rings is 1. The fraction of sp³-hybridized carbons (Fsp3) is 0.556. The van der Waals surface area contributed by atoms with Gasteiger partial charge in [0.1, 0.15) is 0 Å². The molecule has 3 rings (SSSR count). The Morgan fingerprint density at radius 3 is 2.70 bits per heavy atom. The van der Waals surface area contributed by atoms with Crippen molar-refractivity contribution in [3.8, 4) is 0 Å². The van der Waals surface area contributed by atoms with Crippen molar-refractivity contribution in [3.63, 3.8) is 0 Å². The normalized spacial score (nSPS) is 24.0. The monoisotopic (exact) mass is 315 g/mol. The molecule has 2 saturated carbocycles. The van der Waals surface area contributed by atoms with Crippen molar-refractivity contribution < 1.29 is 9.59 Å². The van der Waals surface area contributed by atoms with E-state index >= 15 is 0 Å². The Kier molecular flexibility index (Phi) is 4.84. The zero-order valence-corrected chi connectivity index (χ0v) is 13.4. The van der Waals surface area contributed by atoms with E-state index in [4.69, 9.17) is 5.73 Å². The minimum atomic E-state index is -0.541. The number of rotatable bonds is 6. The first-order chi connectivity index (χ1) is 11.1. The first-order valence-corrected chi connectivity index (χ1v) is 8.55. The van der Waals surface area contributed by atoms with Crippen LogP contribution in [-0.2, 0) is 4.79 Å². The standard InChI is InChI=1S/C18H25N3O2/c19-17(22)11-20-18(23)14-4-2-6-16(10-14)21-15-5-1-3-13(9-15)12-7-8-12/h2,4,6,10,12-13,15,21H,1,3,5,7-9,11H2,(H2,19,22)(H,20,23)/t13-,15+/m0/s1. The van der Waals surface area contributed by atoms with Gasteiger partial charge in [-0.15, -0.1) is 0 Å². The molecule has 2 atom stereocenters. The third-order valence-corrected chi connectivity index (χ3v) is 4.92. The molecule has 0 saturated heterocycles. The van der Waals surface area contributed by atoms with Crippen molar-refractivity contribution >= 4 is 17.5 Å². The highest BCUT2D eigenvalue weighted by Gasteiger charge is 2.34. The number of hydrogen-bond donors (Lipinski definition) is 3. The van der Waals surface area contributed by atoms with Gasteiger partial charge in [0.05, 0.1) is 6.54 Å². The number of anilines is 1. The smallest absolute Gasteiger partial charge is 0.251 e. The summed E-state index contributed by atoms with van der Waals surface area (Å²) < 4.78 is 0. The maximum Gasteiger partial charge on any atom is 0.251 e. The van der Waals surface area contributed by atoms with Gasteiger partial charge in [-0.25, -0.2) is 0 Å². The molecule has 23 heavy (non-hydrogen) atoms. The lowest BCUT2D eigenvalue weighted by atomic mass is 9.82. The maximum atomic E-state index is 12.0. The quantitative estimate of drug-likeness (QED) is 0.753. The number of carbonyl (C=O) groups is 2. The summed E-state index contributed by atoms with van der Waals surface area (Å²) in [4.78, 5) is 22.7. The van der Waals surface area contributed by atoms with Crippen LogP contribution in [0, 0.1) is 11.8 Å². The van der Waals surface area contributed by atoms with Gasteiger partial charge in [-0.1, -0.05) is 18.9 Å². The number of hydrogen-bond acceptors (Lipinski definition) is 3. The van der Waals surface area contributed by atoms with Crippen molar-refractivity contribution in [1.82, 2.24) is 5.32 Å². The molecule has 0 radical (unpaired) electrons. The van der Waals surface area contributed by atoms with Gasteiger partial charge in [0, 0.05) is 17.3 Å². The molecule has 2 aliphatic rings. The Hall–Kier alpha value is -2.04. The summed E-state index contributed by atoms with van der Waals surface area (Å²) in [6.07, 6.45) is 7.92. The van der Waals surface area contributed by atoms with Crippen LogP contribution in [0.15, 0.2) is 24.3 Å². The Morgan fingerprint density at radius 2 is 1.96 bits per heavy atom. The van der Waals surface area contributed by atoms with Crippen molar-refractivity contribution in [2.24, 2.45) is 17.6 Å². The zero-order valence-electron chi connectivity index (χ0n) is 13.4. The van der Waals surface area contributed by atoms with Gasteiger partial charge in [0.15, 0.2) is 0 Å². The van der Waals surface area contributed by atoms with E-state index in [-0.39, 0.29) is 12.5 Å². The molecule has 2 fully saturated rings. The van der Waals surface area contributed by atoms with Gasteiger partial charge >= 0.3 is 0 Å². The molecule has 4 N–H and O–H groups in total. The summed E-state index contributed by atoms with van der Waals surface area (Å²) in [6, 6.07) is 7.94. The Labute approximate surface area is 137 Å². The molecule has 0 aliphatic heterocycles. The van der Waals surface area contributed by atoms with Crippen LogP contribution in [0.4, 0.5) is 5.69 Å². The second-order valence-electron chi connectivity index (χ2n) is 6.84. The van der Waals surface area contributed by atoms with E-state index < -0.39 is 5.91 Å². The van der Waals surface area contributed by atoms with Crippen LogP contribution in [0.1, 0.15) is 48.9 Å². The number of amides is 2. The molecule has 1 aromatic rings.